The van der Waals surface area contributed by atoms with Crippen molar-refractivity contribution in [2.45, 2.75) is 56.0 Å². The van der Waals surface area contributed by atoms with Crippen molar-refractivity contribution in [1.29, 1.82) is 0 Å². The standard InChI is InChI=1S/C32H31F3N2O3S2/c1-21-18-27(12-13-29(21)40-39-22(2)38)41-20-30-28(19-37-16-14-24(15-17-37)23-6-4-3-5-7-23)36-31(42-30)25-8-10-26(11-9-25)32(33,34)35/h3-13,18,24H,14-17,19-20H2,1-2H3. The van der Waals surface area contributed by atoms with Gasteiger partial charge in [-0.2, -0.15) is 13.2 Å². The molecular weight excluding hydrogens is 581 g/mol. The number of alkyl halides is 3. The normalized spacial score (nSPS) is 14.6. The fourth-order valence-corrected chi connectivity index (χ4v) is 7.14. The number of benzene rings is 3. The van der Waals surface area contributed by atoms with Crippen molar-refractivity contribution >= 4 is 29.1 Å². The van der Waals surface area contributed by atoms with Crippen LogP contribution in [0.25, 0.3) is 10.6 Å². The number of halogens is 3. The van der Waals surface area contributed by atoms with E-state index in [0.29, 0.717) is 29.5 Å². The molecule has 5 rings (SSSR count). The molecule has 1 fully saturated rings. The zero-order valence-electron chi connectivity index (χ0n) is 23.3. The first kappa shape index (κ1) is 30.1. The van der Waals surface area contributed by atoms with Crippen molar-refractivity contribution in [2.24, 2.45) is 0 Å². The molecule has 0 radical (unpaired) electrons. The molecule has 220 valence electrons. The second kappa shape index (κ2) is 13.3. The Morgan fingerprint density at radius 2 is 1.76 bits per heavy atom. The zero-order chi connectivity index (χ0) is 29.7. The summed E-state index contributed by atoms with van der Waals surface area (Å²) in [7, 11) is 0. The number of hydrogen-bond acceptors (Lipinski definition) is 7. The highest BCUT2D eigenvalue weighted by molar-refractivity contribution is 7.98. The van der Waals surface area contributed by atoms with Crippen LogP contribution in [-0.2, 0) is 28.2 Å². The summed E-state index contributed by atoms with van der Waals surface area (Å²) in [6.07, 6.45) is -2.23. The number of carbonyl (C=O) groups excluding carboxylic acids is 1. The van der Waals surface area contributed by atoms with E-state index in [9.17, 15) is 18.0 Å². The molecule has 0 aliphatic carbocycles. The molecule has 0 spiro atoms. The first-order valence-corrected chi connectivity index (χ1v) is 15.5. The summed E-state index contributed by atoms with van der Waals surface area (Å²) in [4.78, 5) is 30.3. The van der Waals surface area contributed by atoms with Gasteiger partial charge in [-0.25, -0.2) is 9.78 Å². The summed E-state index contributed by atoms with van der Waals surface area (Å²) in [6.45, 7) is 5.77. The highest BCUT2D eigenvalue weighted by Gasteiger charge is 2.30. The van der Waals surface area contributed by atoms with E-state index in [2.05, 4.69) is 34.1 Å². The van der Waals surface area contributed by atoms with E-state index < -0.39 is 17.7 Å². The highest BCUT2D eigenvalue weighted by atomic mass is 32.2. The van der Waals surface area contributed by atoms with Gasteiger partial charge >= 0.3 is 12.1 Å². The van der Waals surface area contributed by atoms with Gasteiger partial charge in [0.25, 0.3) is 0 Å². The van der Waals surface area contributed by atoms with Crippen LogP contribution >= 0.6 is 23.1 Å². The predicted octanol–water partition coefficient (Wildman–Crippen LogP) is 8.67. The van der Waals surface area contributed by atoms with Gasteiger partial charge in [0.1, 0.15) is 5.01 Å². The number of aryl methyl sites for hydroxylation is 1. The molecule has 3 aromatic carbocycles. The Hall–Kier alpha value is -3.34. The Morgan fingerprint density at radius 1 is 1.05 bits per heavy atom. The van der Waals surface area contributed by atoms with E-state index in [1.807, 2.05) is 25.1 Å². The number of thioether (sulfide) groups is 1. The maximum atomic E-state index is 13.1. The topological polar surface area (TPSA) is 51.7 Å². The summed E-state index contributed by atoms with van der Waals surface area (Å²) in [6, 6.07) is 21.5. The number of rotatable bonds is 9. The number of likely N-dealkylation sites (tertiary alicyclic amines) is 1. The van der Waals surface area contributed by atoms with E-state index in [0.717, 1.165) is 64.1 Å². The summed E-state index contributed by atoms with van der Waals surface area (Å²) >= 11 is 3.18. The van der Waals surface area contributed by atoms with Crippen molar-refractivity contribution in [2.75, 3.05) is 13.1 Å². The van der Waals surface area contributed by atoms with Gasteiger partial charge in [-0.3, -0.25) is 14.7 Å². The molecule has 42 heavy (non-hydrogen) atoms. The van der Waals surface area contributed by atoms with Gasteiger partial charge in [0.05, 0.1) is 11.3 Å². The summed E-state index contributed by atoms with van der Waals surface area (Å²) < 4.78 is 39.4. The summed E-state index contributed by atoms with van der Waals surface area (Å²) in [5.41, 5.74) is 3.18. The molecule has 0 saturated carbocycles. The molecular formula is C32H31F3N2O3S2. The minimum absolute atomic E-state index is 0.469. The van der Waals surface area contributed by atoms with Crippen LogP contribution in [-0.4, -0.2) is 28.9 Å². The molecule has 1 aliphatic heterocycles. The number of aromatic nitrogens is 1. The van der Waals surface area contributed by atoms with Crippen LogP contribution in [0.1, 0.15) is 52.9 Å². The zero-order valence-corrected chi connectivity index (χ0v) is 25.0. The maximum absolute atomic E-state index is 13.1. The third kappa shape index (κ3) is 7.73. The quantitative estimate of drug-likeness (QED) is 0.107. The third-order valence-corrected chi connectivity index (χ3v) is 9.58. The summed E-state index contributed by atoms with van der Waals surface area (Å²) in [5, 5.41) is 0.717. The van der Waals surface area contributed by atoms with Gasteiger partial charge in [0.2, 0.25) is 0 Å². The minimum atomic E-state index is -4.38. The second-order valence-corrected chi connectivity index (χ2v) is 12.4. The molecule has 4 aromatic rings. The van der Waals surface area contributed by atoms with Crippen LogP contribution in [0.4, 0.5) is 13.2 Å². The molecule has 5 nitrogen and oxygen atoms in total. The number of nitrogens with zero attached hydrogens (tertiary/aromatic N) is 2. The van der Waals surface area contributed by atoms with E-state index >= 15 is 0 Å². The van der Waals surface area contributed by atoms with E-state index in [4.69, 9.17) is 9.87 Å². The average molecular weight is 613 g/mol. The minimum Gasteiger partial charge on any atom is -0.297 e. The number of hydrogen-bond donors (Lipinski definition) is 0. The molecule has 0 amide bonds. The largest absolute Gasteiger partial charge is 0.416 e. The third-order valence-electron chi connectivity index (χ3n) is 7.23. The van der Waals surface area contributed by atoms with Crippen LogP contribution in [0.3, 0.4) is 0 Å². The van der Waals surface area contributed by atoms with Gasteiger partial charge in [-0.05, 0) is 80.2 Å². The van der Waals surface area contributed by atoms with Gasteiger partial charge in [-0.15, -0.1) is 23.1 Å². The Balaban J connectivity index is 1.32. The first-order valence-electron chi connectivity index (χ1n) is 13.7. The Morgan fingerprint density at radius 3 is 2.40 bits per heavy atom. The van der Waals surface area contributed by atoms with Crippen molar-refractivity contribution in [3.63, 3.8) is 0 Å². The van der Waals surface area contributed by atoms with Crippen molar-refractivity contribution in [3.05, 3.63) is 100 Å². The molecule has 0 N–H and O–H groups in total. The molecule has 0 bridgehead atoms. The molecule has 10 heteroatoms. The molecule has 1 aromatic heterocycles. The SMILES string of the molecule is CC(=O)OOc1ccc(SCc2sc(-c3ccc(C(F)(F)F)cc3)nc2CN2CCC(c3ccccc3)CC2)cc1C. The number of piperidine rings is 1. The van der Waals surface area contributed by atoms with Crippen LogP contribution in [0.15, 0.2) is 77.7 Å². The van der Waals surface area contributed by atoms with Crippen molar-refractivity contribution in [3.8, 4) is 16.3 Å². The Labute approximate surface area is 251 Å². The van der Waals surface area contributed by atoms with E-state index in [-0.39, 0.29) is 0 Å². The monoisotopic (exact) mass is 612 g/mol. The van der Waals surface area contributed by atoms with E-state index in [1.165, 1.54) is 36.0 Å². The summed E-state index contributed by atoms with van der Waals surface area (Å²) in [5.74, 6) is 1.15. The van der Waals surface area contributed by atoms with Crippen molar-refractivity contribution in [1.82, 2.24) is 9.88 Å². The van der Waals surface area contributed by atoms with Crippen LogP contribution in [0.2, 0.25) is 0 Å². The lowest BCUT2D eigenvalue weighted by Gasteiger charge is -2.32. The van der Waals surface area contributed by atoms with Crippen molar-refractivity contribution < 1.29 is 27.7 Å². The van der Waals surface area contributed by atoms with Gasteiger partial charge in [0, 0.05) is 34.6 Å². The van der Waals surface area contributed by atoms with Crippen LogP contribution in [0.5, 0.6) is 5.75 Å². The second-order valence-electron chi connectivity index (χ2n) is 10.3. The number of carbonyl (C=O) groups is 1. The van der Waals surface area contributed by atoms with Gasteiger partial charge in [-0.1, -0.05) is 42.5 Å². The van der Waals surface area contributed by atoms with Gasteiger partial charge < -0.3 is 0 Å². The highest BCUT2D eigenvalue weighted by Crippen LogP contribution is 2.37. The lowest BCUT2D eigenvalue weighted by Crippen LogP contribution is -2.32. The number of thiazole rings is 1. The molecule has 2 heterocycles. The molecule has 0 atom stereocenters. The smallest absolute Gasteiger partial charge is 0.297 e. The fourth-order valence-electron chi connectivity index (χ4n) is 4.96. The van der Waals surface area contributed by atoms with Crippen LogP contribution in [0, 0.1) is 6.92 Å². The Kier molecular flexibility index (Phi) is 9.55. The Bertz CT molecular complexity index is 1500. The lowest BCUT2D eigenvalue weighted by molar-refractivity contribution is -0.211. The lowest BCUT2D eigenvalue weighted by atomic mass is 9.89. The fraction of sp³-hybridized carbons (Fsp3) is 0.312. The van der Waals surface area contributed by atoms with E-state index in [1.54, 1.807) is 17.8 Å². The maximum Gasteiger partial charge on any atom is 0.416 e. The first-order chi connectivity index (χ1) is 20.2. The van der Waals surface area contributed by atoms with Gasteiger partial charge in [0.15, 0.2) is 5.75 Å². The van der Waals surface area contributed by atoms with Crippen LogP contribution < -0.4 is 4.89 Å². The predicted molar refractivity (Wildman–Crippen MR) is 159 cm³/mol. The molecule has 1 aliphatic rings. The average Bonchev–Trinajstić information content (AvgIpc) is 3.38. The molecule has 0 unspecified atom stereocenters. The molecule has 1 saturated heterocycles.